The molecule has 2 aliphatic heterocycles. The highest BCUT2D eigenvalue weighted by molar-refractivity contribution is 7.89. The zero-order chi connectivity index (χ0) is 21.1. The van der Waals surface area contributed by atoms with Crippen molar-refractivity contribution in [3.8, 4) is 0 Å². The molecule has 0 radical (unpaired) electrons. The summed E-state index contributed by atoms with van der Waals surface area (Å²) in [4.78, 5) is 16.0. The van der Waals surface area contributed by atoms with Gasteiger partial charge in [-0.3, -0.25) is 4.90 Å². The lowest BCUT2D eigenvalue weighted by Gasteiger charge is -2.36. The summed E-state index contributed by atoms with van der Waals surface area (Å²) in [5, 5.41) is 3.15. The molecular formula is C21H25FN4O3S. The van der Waals surface area contributed by atoms with Gasteiger partial charge < -0.3 is 4.90 Å². The maximum atomic E-state index is 13.1. The van der Waals surface area contributed by atoms with Crippen molar-refractivity contribution < 1.29 is 12.8 Å². The van der Waals surface area contributed by atoms with Crippen LogP contribution in [0.25, 0.3) is 0 Å². The van der Waals surface area contributed by atoms with E-state index in [4.69, 9.17) is 0 Å². The monoisotopic (exact) mass is 432 g/mol. The molecule has 0 spiro atoms. The van der Waals surface area contributed by atoms with Gasteiger partial charge in [-0.1, -0.05) is 23.4 Å². The largest absolute Gasteiger partial charge is 0.369 e. The number of benzene rings is 2. The fourth-order valence-electron chi connectivity index (χ4n) is 4.17. The second kappa shape index (κ2) is 8.79. The van der Waals surface area contributed by atoms with Crippen LogP contribution in [0.3, 0.4) is 0 Å². The van der Waals surface area contributed by atoms with E-state index >= 15 is 0 Å². The number of hydrogen-bond donors (Lipinski definition) is 0. The van der Waals surface area contributed by atoms with Crippen molar-refractivity contribution in [2.24, 2.45) is 5.18 Å². The Kier molecular flexibility index (Phi) is 6.12. The van der Waals surface area contributed by atoms with Gasteiger partial charge in [-0.15, -0.1) is 0 Å². The fraction of sp³-hybridized carbons (Fsp3) is 0.429. The first kappa shape index (κ1) is 20.9. The van der Waals surface area contributed by atoms with E-state index < -0.39 is 16.1 Å². The summed E-state index contributed by atoms with van der Waals surface area (Å²) in [6.45, 7) is 4.67. The van der Waals surface area contributed by atoms with Crippen LogP contribution >= 0.6 is 0 Å². The number of halogens is 1. The van der Waals surface area contributed by atoms with Crippen LogP contribution in [0.2, 0.25) is 0 Å². The topological polar surface area (TPSA) is 73.3 Å². The fourth-order valence-corrected chi connectivity index (χ4v) is 5.91. The van der Waals surface area contributed by atoms with Gasteiger partial charge in [0.2, 0.25) is 10.0 Å². The molecule has 0 aromatic heterocycles. The van der Waals surface area contributed by atoms with E-state index in [0.29, 0.717) is 18.5 Å². The SMILES string of the molecule is O=NC1CN(CCCN2CCN(c3ccc(F)cc3)CC2)S(=O)(=O)c2ccccc21. The van der Waals surface area contributed by atoms with Crippen LogP contribution in [0, 0.1) is 10.7 Å². The van der Waals surface area contributed by atoms with Gasteiger partial charge in [0.15, 0.2) is 0 Å². The van der Waals surface area contributed by atoms with Crippen LogP contribution < -0.4 is 4.90 Å². The summed E-state index contributed by atoms with van der Waals surface area (Å²) in [5.41, 5.74) is 1.50. The van der Waals surface area contributed by atoms with E-state index in [1.165, 1.54) is 16.4 Å². The van der Waals surface area contributed by atoms with Gasteiger partial charge >= 0.3 is 0 Å². The van der Waals surface area contributed by atoms with Crippen molar-refractivity contribution in [1.82, 2.24) is 9.21 Å². The van der Waals surface area contributed by atoms with Crippen molar-refractivity contribution in [2.75, 3.05) is 50.7 Å². The van der Waals surface area contributed by atoms with E-state index in [1.54, 1.807) is 36.4 Å². The molecule has 0 amide bonds. The van der Waals surface area contributed by atoms with Gasteiger partial charge in [0, 0.05) is 50.5 Å². The van der Waals surface area contributed by atoms with Crippen LogP contribution in [-0.2, 0) is 10.0 Å². The lowest BCUT2D eigenvalue weighted by molar-refractivity contribution is 0.243. The molecule has 4 rings (SSSR count). The normalized spacial score (nSPS) is 21.9. The Morgan fingerprint density at radius 2 is 1.67 bits per heavy atom. The average Bonchev–Trinajstić information content (AvgIpc) is 2.76. The number of fused-ring (bicyclic) bond motifs is 1. The van der Waals surface area contributed by atoms with E-state index in [0.717, 1.165) is 38.4 Å². The van der Waals surface area contributed by atoms with Crippen LogP contribution in [-0.4, -0.2) is 63.4 Å². The molecule has 7 nitrogen and oxygen atoms in total. The smallest absolute Gasteiger partial charge is 0.243 e. The van der Waals surface area contributed by atoms with Crippen LogP contribution in [0.5, 0.6) is 0 Å². The van der Waals surface area contributed by atoms with Crippen LogP contribution in [0.1, 0.15) is 18.0 Å². The zero-order valence-electron chi connectivity index (χ0n) is 16.7. The summed E-state index contributed by atoms with van der Waals surface area (Å²) in [6.07, 6.45) is 0.684. The first-order valence-electron chi connectivity index (χ1n) is 10.1. The van der Waals surface area contributed by atoms with Crippen molar-refractivity contribution in [1.29, 1.82) is 0 Å². The molecule has 2 aromatic rings. The van der Waals surface area contributed by atoms with Crippen molar-refractivity contribution >= 4 is 15.7 Å². The van der Waals surface area contributed by atoms with Crippen LogP contribution in [0.4, 0.5) is 10.1 Å². The molecule has 160 valence electrons. The first-order valence-corrected chi connectivity index (χ1v) is 11.6. The molecule has 1 unspecified atom stereocenters. The molecule has 1 atom stereocenters. The number of rotatable bonds is 6. The zero-order valence-corrected chi connectivity index (χ0v) is 17.5. The molecule has 2 heterocycles. The molecule has 0 aliphatic carbocycles. The maximum Gasteiger partial charge on any atom is 0.243 e. The summed E-state index contributed by atoms with van der Waals surface area (Å²) < 4.78 is 40.3. The van der Waals surface area contributed by atoms with Gasteiger partial charge in [0.25, 0.3) is 0 Å². The third-order valence-electron chi connectivity index (χ3n) is 5.85. The minimum atomic E-state index is -3.60. The van der Waals surface area contributed by atoms with Crippen molar-refractivity contribution in [3.05, 3.63) is 64.8 Å². The van der Waals surface area contributed by atoms with E-state index in [9.17, 15) is 17.7 Å². The number of anilines is 1. The Morgan fingerprint density at radius 1 is 0.967 bits per heavy atom. The number of nitroso groups, excluding NO2 is 1. The molecule has 0 saturated carbocycles. The highest BCUT2D eigenvalue weighted by Crippen LogP contribution is 2.34. The van der Waals surface area contributed by atoms with E-state index in [-0.39, 0.29) is 17.3 Å². The van der Waals surface area contributed by atoms with Crippen LogP contribution in [0.15, 0.2) is 58.6 Å². The Hall–Kier alpha value is -2.36. The Balaban J connectivity index is 1.31. The van der Waals surface area contributed by atoms with Gasteiger partial charge in [-0.2, -0.15) is 9.21 Å². The van der Waals surface area contributed by atoms with Crippen molar-refractivity contribution in [3.63, 3.8) is 0 Å². The Labute approximate surface area is 176 Å². The van der Waals surface area contributed by atoms with Crippen molar-refractivity contribution in [2.45, 2.75) is 17.4 Å². The second-order valence-corrected chi connectivity index (χ2v) is 9.59. The predicted octanol–water partition coefficient (Wildman–Crippen LogP) is 2.85. The second-order valence-electron chi connectivity index (χ2n) is 7.68. The maximum absolute atomic E-state index is 13.1. The molecule has 9 heteroatoms. The summed E-state index contributed by atoms with van der Waals surface area (Å²) in [5.74, 6) is -0.236. The molecule has 30 heavy (non-hydrogen) atoms. The summed E-state index contributed by atoms with van der Waals surface area (Å²) in [7, 11) is -3.60. The van der Waals surface area contributed by atoms with Gasteiger partial charge in [0.1, 0.15) is 11.9 Å². The standard InChI is InChI=1S/C21H25FN4O3S/c22-17-6-8-18(9-7-17)25-14-12-24(13-15-25)10-3-11-26-16-20(23-27)19-4-1-2-5-21(19)30(26,28)29/h1-2,4-9,20H,3,10-16H2. The van der Waals surface area contributed by atoms with Gasteiger partial charge in [-0.25, -0.2) is 12.8 Å². The number of sulfonamides is 1. The lowest BCUT2D eigenvalue weighted by atomic mass is 10.1. The molecule has 1 fully saturated rings. The molecule has 1 saturated heterocycles. The highest BCUT2D eigenvalue weighted by atomic mass is 32.2. The molecule has 2 aliphatic rings. The quantitative estimate of drug-likeness (QED) is 0.657. The van der Waals surface area contributed by atoms with Gasteiger partial charge in [-0.05, 0) is 43.3 Å². The third kappa shape index (κ3) is 4.23. The minimum absolute atomic E-state index is 0.0984. The van der Waals surface area contributed by atoms with E-state index in [2.05, 4.69) is 15.0 Å². The summed E-state index contributed by atoms with van der Waals surface area (Å²) in [6, 6.07) is 12.5. The minimum Gasteiger partial charge on any atom is -0.369 e. The molecular weight excluding hydrogens is 407 g/mol. The van der Waals surface area contributed by atoms with E-state index in [1.807, 2.05) is 0 Å². The first-order chi connectivity index (χ1) is 14.5. The predicted molar refractivity (Wildman–Crippen MR) is 113 cm³/mol. The molecule has 0 N–H and O–H groups in total. The molecule has 0 bridgehead atoms. The molecule has 2 aromatic carbocycles. The number of hydrogen-bond acceptors (Lipinski definition) is 6. The number of nitrogens with zero attached hydrogens (tertiary/aromatic N) is 4. The summed E-state index contributed by atoms with van der Waals surface area (Å²) >= 11 is 0. The Bertz CT molecular complexity index is 992. The third-order valence-corrected chi connectivity index (χ3v) is 7.78. The van der Waals surface area contributed by atoms with Gasteiger partial charge in [0.05, 0.1) is 4.90 Å². The number of piperazine rings is 1. The average molecular weight is 433 g/mol. The highest BCUT2D eigenvalue weighted by Gasteiger charge is 2.37. The Morgan fingerprint density at radius 3 is 2.37 bits per heavy atom. The lowest BCUT2D eigenvalue weighted by Crippen LogP contribution is -2.47.